The van der Waals surface area contributed by atoms with Crippen LogP contribution in [-0.2, 0) is 17.8 Å². The van der Waals surface area contributed by atoms with Crippen LogP contribution in [0.5, 0.6) is 5.88 Å². The van der Waals surface area contributed by atoms with Crippen molar-refractivity contribution in [2.45, 2.75) is 36.2 Å². The highest BCUT2D eigenvalue weighted by Crippen LogP contribution is 2.49. The molecule has 176 valence electrons. The molecule has 0 bridgehead atoms. The molecule has 3 aromatic heterocycles. The highest BCUT2D eigenvalue weighted by Gasteiger charge is 2.55. The third-order valence-corrected chi connectivity index (χ3v) is 8.33. The van der Waals surface area contributed by atoms with Crippen molar-refractivity contribution in [2.24, 2.45) is 5.92 Å². The van der Waals surface area contributed by atoms with Gasteiger partial charge in [-0.05, 0) is 61.6 Å². The van der Waals surface area contributed by atoms with Crippen LogP contribution in [0, 0.1) is 5.92 Å². The summed E-state index contributed by atoms with van der Waals surface area (Å²) < 4.78 is 5.31. The molecule has 2 N–H and O–H groups in total. The fourth-order valence-corrected chi connectivity index (χ4v) is 5.98. The molecule has 0 aromatic carbocycles. The molecule has 1 saturated heterocycles. The Kier molecular flexibility index (Phi) is 5.63. The average molecular weight is 477 g/mol. The van der Waals surface area contributed by atoms with Gasteiger partial charge in [-0.3, -0.25) is 9.78 Å². The predicted octanol–water partition coefficient (Wildman–Crippen LogP) is 2.87. The lowest BCUT2D eigenvalue weighted by Gasteiger charge is -2.32. The minimum Gasteiger partial charge on any atom is -0.481 e. The lowest BCUT2D eigenvalue weighted by molar-refractivity contribution is -0.113. The van der Waals surface area contributed by atoms with Crippen LogP contribution in [0.15, 0.2) is 41.4 Å². The number of carbonyl (C=O) groups excluding carboxylic acids is 1. The van der Waals surface area contributed by atoms with Crippen LogP contribution in [0.4, 0.5) is 5.82 Å². The second kappa shape index (κ2) is 8.79. The minimum absolute atomic E-state index is 0.0259. The maximum absolute atomic E-state index is 11.7. The van der Waals surface area contributed by atoms with Crippen LogP contribution in [0.2, 0.25) is 0 Å². The number of hydrogen-bond donors (Lipinski definition) is 2. The number of pyridine rings is 3. The zero-order chi connectivity index (χ0) is 23.1. The fourth-order valence-electron chi connectivity index (χ4n) is 5.22. The van der Waals surface area contributed by atoms with Gasteiger partial charge in [-0.15, -0.1) is 11.8 Å². The predicted molar refractivity (Wildman–Crippen MR) is 132 cm³/mol. The van der Waals surface area contributed by atoms with Crippen LogP contribution in [0.25, 0.3) is 11.0 Å². The van der Waals surface area contributed by atoms with E-state index in [1.54, 1.807) is 18.9 Å². The van der Waals surface area contributed by atoms with Crippen LogP contribution in [0.1, 0.15) is 24.1 Å². The Morgan fingerprint density at radius 2 is 2.21 bits per heavy atom. The number of nitrogens with zero attached hydrogens (tertiary/aromatic N) is 4. The summed E-state index contributed by atoms with van der Waals surface area (Å²) in [5, 5.41) is 6.68. The van der Waals surface area contributed by atoms with Gasteiger partial charge in [-0.2, -0.15) is 0 Å². The lowest BCUT2D eigenvalue weighted by Crippen LogP contribution is -2.45. The summed E-state index contributed by atoms with van der Waals surface area (Å²) in [6.45, 7) is 3.97. The summed E-state index contributed by atoms with van der Waals surface area (Å²) in [5.74, 6) is 2.51. The SMILES string of the molecule is COc1ccc2nccc(CCN3CC[C@]4(NCc5ccc6c(n5)NC(=O)CS6)C[C@@H]4C3)c2n1. The molecule has 34 heavy (non-hydrogen) atoms. The largest absolute Gasteiger partial charge is 0.481 e. The van der Waals surface area contributed by atoms with E-state index in [0.717, 1.165) is 60.6 Å². The maximum atomic E-state index is 11.7. The number of nitrogens with one attached hydrogen (secondary N) is 2. The van der Waals surface area contributed by atoms with Crippen molar-refractivity contribution in [3.8, 4) is 5.88 Å². The Bertz CT molecular complexity index is 1250. The summed E-state index contributed by atoms with van der Waals surface area (Å²) in [5.41, 5.74) is 4.30. The average Bonchev–Trinajstić information content (AvgIpc) is 3.59. The van der Waals surface area contributed by atoms with Gasteiger partial charge in [0.15, 0.2) is 0 Å². The number of piperidine rings is 1. The van der Waals surface area contributed by atoms with E-state index in [2.05, 4.69) is 48.7 Å². The molecular weight excluding hydrogens is 448 g/mol. The van der Waals surface area contributed by atoms with E-state index in [1.165, 1.54) is 12.0 Å². The smallest absolute Gasteiger partial charge is 0.235 e. The van der Waals surface area contributed by atoms with Crippen molar-refractivity contribution < 1.29 is 9.53 Å². The van der Waals surface area contributed by atoms with E-state index in [0.29, 0.717) is 23.4 Å². The molecule has 1 saturated carbocycles. The van der Waals surface area contributed by atoms with Crippen LogP contribution in [-0.4, -0.2) is 63.8 Å². The Morgan fingerprint density at radius 1 is 1.26 bits per heavy atom. The number of thioether (sulfide) groups is 1. The number of methoxy groups -OCH3 is 1. The number of carbonyl (C=O) groups is 1. The molecule has 2 aliphatic heterocycles. The van der Waals surface area contributed by atoms with Crippen molar-refractivity contribution >= 4 is 34.5 Å². The molecule has 2 atom stereocenters. The van der Waals surface area contributed by atoms with Crippen LogP contribution >= 0.6 is 11.8 Å². The summed E-state index contributed by atoms with van der Waals surface area (Å²) >= 11 is 1.55. The van der Waals surface area contributed by atoms with E-state index in [-0.39, 0.29) is 11.4 Å². The highest BCUT2D eigenvalue weighted by molar-refractivity contribution is 8.00. The van der Waals surface area contributed by atoms with Gasteiger partial charge in [0, 0.05) is 37.4 Å². The van der Waals surface area contributed by atoms with Crippen molar-refractivity contribution in [1.82, 2.24) is 25.2 Å². The van der Waals surface area contributed by atoms with Gasteiger partial charge < -0.3 is 20.3 Å². The lowest BCUT2D eigenvalue weighted by atomic mass is 10.0. The monoisotopic (exact) mass is 476 g/mol. The molecular formula is C25H28N6O2S. The molecule has 0 radical (unpaired) electrons. The van der Waals surface area contributed by atoms with Gasteiger partial charge in [0.05, 0.1) is 34.5 Å². The number of amides is 1. The minimum atomic E-state index is 0.0259. The molecule has 2 fully saturated rings. The topological polar surface area (TPSA) is 92.3 Å². The van der Waals surface area contributed by atoms with E-state index in [4.69, 9.17) is 4.74 Å². The third kappa shape index (κ3) is 4.23. The van der Waals surface area contributed by atoms with Gasteiger partial charge in [-0.25, -0.2) is 9.97 Å². The number of rotatable bonds is 7. The maximum Gasteiger partial charge on any atom is 0.235 e. The standard InChI is InChI=1S/C25H28N6O2S/c1-33-22-5-3-19-23(30-22)16(6-9-26-19)7-10-31-11-8-25(12-17(25)14-31)27-13-18-2-4-20-24(28-18)29-21(32)15-34-20/h2-6,9,17,27H,7-8,10-15H2,1H3,(H,28,29,32)/t17-,25+/m1/s1. The van der Waals surface area contributed by atoms with E-state index in [1.807, 2.05) is 18.3 Å². The van der Waals surface area contributed by atoms with Crippen molar-refractivity contribution in [3.63, 3.8) is 0 Å². The zero-order valence-corrected chi connectivity index (χ0v) is 20.0. The molecule has 1 aliphatic carbocycles. The third-order valence-electron chi connectivity index (χ3n) is 7.29. The molecule has 1 amide bonds. The summed E-state index contributed by atoms with van der Waals surface area (Å²) in [6.07, 6.45) is 5.20. The number of hydrogen-bond acceptors (Lipinski definition) is 8. The quantitative estimate of drug-likeness (QED) is 0.538. The molecule has 9 heteroatoms. The summed E-state index contributed by atoms with van der Waals surface area (Å²) in [6, 6.07) is 10.1. The number of fused-ring (bicyclic) bond motifs is 3. The van der Waals surface area contributed by atoms with Gasteiger partial charge >= 0.3 is 0 Å². The molecule has 0 unspecified atom stereocenters. The van der Waals surface area contributed by atoms with Gasteiger partial charge in [0.25, 0.3) is 0 Å². The van der Waals surface area contributed by atoms with Crippen molar-refractivity contribution in [3.05, 3.63) is 47.8 Å². The highest BCUT2D eigenvalue weighted by atomic mass is 32.2. The first-order valence-electron chi connectivity index (χ1n) is 11.8. The molecule has 3 aromatic rings. The first-order chi connectivity index (χ1) is 16.6. The molecule has 3 aliphatic rings. The van der Waals surface area contributed by atoms with Gasteiger partial charge in [0.1, 0.15) is 5.82 Å². The zero-order valence-electron chi connectivity index (χ0n) is 19.2. The second-order valence-electron chi connectivity index (χ2n) is 9.39. The Balaban J connectivity index is 1.04. The van der Waals surface area contributed by atoms with Crippen molar-refractivity contribution in [2.75, 3.05) is 37.8 Å². The van der Waals surface area contributed by atoms with E-state index in [9.17, 15) is 4.79 Å². The van der Waals surface area contributed by atoms with E-state index < -0.39 is 0 Å². The molecule has 8 nitrogen and oxygen atoms in total. The second-order valence-corrected chi connectivity index (χ2v) is 10.4. The number of ether oxygens (including phenoxy) is 1. The first-order valence-corrected chi connectivity index (χ1v) is 12.8. The fraction of sp³-hybridized carbons (Fsp3) is 0.440. The van der Waals surface area contributed by atoms with E-state index >= 15 is 0 Å². The number of likely N-dealkylation sites (tertiary alicyclic amines) is 1. The van der Waals surface area contributed by atoms with Crippen LogP contribution < -0.4 is 15.4 Å². The number of aromatic nitrogens is 3. The molecule has 6 rings (SSSR count). The van der Waals surface area contributed by atoms with Crippen molar-refractivity contribution in [1.29, 1.82) is 0 Å². The Hall–Kier alpha value is -2.75. The molecule has 5 heterocycles. The summed E-state index contributed by atoms with van der Waals surface area (Å²) in [4.78, 5) is 29.0. The summed E-state index contributed by atoms with van der Waals surface area (Å²) in [7, 11) is 1.65. The normalized spacial score (nSPS) is 23.8. The van der Waals surface area contributed by atoms with Gasteiger partial charge in [0.2, 0.25) is 11.8 Å². The number of anilines is 1. The Morgan fingerprint density at radius 3 is 3.09 bits per heavy atom. The first kappa shape index (κ1) is 21.8. The van der Waals surface area contributed by atoms with Gasteiger partial charge in [-0.1, -0.05) is 0 Å². The Labute approximate surface area is 202 Å². The van der Waals surface area contributed by atoms with Crippen LogP contribution in [0.3, 0.4) is 0 Å². The molecule has 0 spiro atoms.